The van der Waals surface area contributed by atoms with Crippen LogP contribution < -0.4 is 10.9 Å². The summed E-state index contributed by atoms with van der Waals surface area (Å²) in [4.78, 5) is 32.4. The third kappa shape index (κ3) is 2.23. The normalized spacial score (nSPS) is 19.5. The molecule has 1 aliphatic heterocycles. The van der Waals surface area contributed by atoms with Gasteiger partial charge >= 0.3 is 0 Å². The molecule has 3 rings (SSSR count). The number of thiazole rings is 1. The first-order valence-electron chi connectivity index (χ1n) is 6.56. The maximum absolute atomic E-state index is 12.5. The molecule has 1 atom stereocenters. The van der Waals surface area contributed by atoms with Crippen LogP contribution in [0.2, 0.25) is 0 Å². The van der Waals surface area contributed by atoms with Crippen molar-refractivity contribution in [2.75, 3.05) is 19.6 Å². The summed E-state index contributed by atoms with van der Waals surface area (Å²) in [5, 5.41) is 3.27. The fraction of sp³-hybridized carbons (Fsp3) is 0.462. The lowest BCUT2D eigenvalue weighted by atomic mass is 10.2. The molecule has 106 valence electrons. The summed E-state index contributed by atoms with van der Waals surface area (Å²) in [7, 11) is 0. The molecule has 7 heteroatoms. The Hall–Kier alpha value is -1.73. The first kappa shape index (κ1) is 13.3. The van der Waals surface area contributed by atoms with Gasteiger partial charge in [-0.3, -0.25) is 14.0 Å². The predicted octanol–water partition coefficient (Wildman–Crippen LogP) is 0.498. The van der Waals surface area contributed by atoms with Gasteiger partial charge in [0.15, 0.2) is 4.96 Å². The molecule has 0 spiro atoms. The van der Waals surface area contributed by atoms with Crippen molar-refractivity contribution >= 4 is 22.2 Å². The topological polar surface area (TPSA) is 66.7 Å². The molecule has 1 saturated heterocycles. The van der Waals surface area contributed by atoms with E-state index < -0.39 is 0 Å². The second kappa shape index (κ2) is 4.99. The monoisotopic (exact) mass is 292 g/mol. The molecule has 1 aliphatic rings. The van der Waals surface area contributed by atoms with Gasteiger partial charge in [0, 0.05) is 42.9 Å². The van der Waals surface area contributed by atoms with Crippen molar-refractivity contribution < 1.29 is 4.79 Å². The van der Waals surface area contributed by atoms with Crippen molar-refractivity contribution in [2.24, 2.45) is 0 Å². The minimum Gasteiger partial charge on any atom is -0.336 e. The number of rotatable bonds is 1. The Morgan fingerprint density at radius 1 is 1.55 bits per heavy atom. The summed E-state index contributed by atoms with van der Waals surface area (Å²) in [5.74, 6) is -0.228. The second-order valence-electron chi connectivity index (χ2n) is 5.08. The van der Waals surface area contributed by atoms with Gasteiger partial charge in [0.1, 0.15) is 5.56 Å². The van der Waals surface area contributed by atoms with Gasteiger partial charge in [0.25, 0.3) is 11.5 Å². The Labute approximate surface area is 120 Å². The van der Waals surface area contributed by atoms with Crippen molar-refractivity contribution in [3.05, 3.63) is 33.2 Å². The van der Waals surface area contributed by atoms with Gasteiger partial charge in [-0.2, -0.15) is 0 Å². The zero-order valence-corrected chi connectivity index (χ0v) is 12.2. The van der Waals surface area contributed by atoms with Crippen LogP contribution in [-0.2, 0) is 0 Å². The molecule has 0 unspecified atom stereocenters. The van der Waals surface area contributed by atoms with Crippen molar-refractivity contribution in [3.63, 3.8) is 0 Å². The molecule has 0 bridgehead atoms. The van der Waals surface area contributed by atoms with Gasteiger partial charge in [0.2, 0.25) is 0 Å². The number of carbonyl (C=O) groups is 1. The van der Waals surface area contributed by atoms with Crippen LogP contribution in [0.1, 0.15) is 22.2 Å². The highest BCUT2D eigenvalue weighted by atomic mass is 32.1. The lowest BCUT2D eigenvalue weighted by Crippen LogP contribution is -2.52. The Kier molecular flexibility index (Phi) is 3.31. The number of aryl methyl sites for hydroxylation is 1. The van der Waals surface area contributed by atoms with Gasteiger partial charge in [-0.1, -0.05) is 0 Å². The summed E-state index contributed by atoms with van der Waals surface area (Å²) in [6.07, 6.45) is 3.13. The second-order valence-corrected chi connectivity index (χ2v) is 6.29. The quantitative estimate of drug-likeness (QED) is 0.831. The van der Waals surface area contributed by atoms with Crippen LogP contribution in [0.3, 0.4) is 0 Å². The van der Waals surface area contributed by atoms with E-state index in [1.54, 1.807) is 11.1 Å². The average molecular weight is 292 g/mol. The summed E-state index contributed by atoms with van der Waals surface area (Å²) in [5.41, 5.74) is -0.134. The van der Waals surface area contributed by atoms with E-state index in [2.05, 4.69) is 10.3 Å². The zero-order valence-electron chi connectivity index (χ0n) is 11.4. The van der Waals surface area contributed by atoms with E-state index in [4.69, 9.17) is 0 Å². The number of piperazine rings is 1. The van der Waals surface area contributed by atoms with Crippen LogP contribution in [-0.4, -0.2) is 45.9 Å². The van der Waals surface area contributed by atoms with Crippen molar-refractivity contribution in [1.82, 2.24) is 19.6 Å². The number of amides is 1. The van der Waals surface area contributed by atoms with Crippen LogP contribution in [0.15, 0.2) is 17.2 Å². The minimum atomic E-state index is -0.282. The molecule has 1 N–H and O–H groups in total. The highest BCUT2D eigenvalue weighted by Crippen LogP contribution is 2.13. The molecular weight excluding hydrogens is 276 g/mol. The number of aromatic nitrogens is 2. The third-order valence-corrected chi connectivity index (χ3v) is 4.32. The van der Waals surface area contributed by atoms with Gasteiger partial charge in [-0.15, -0.1) is 11.3 Å². The highest BCUT2D eigenvalue weighted by Gasteiger charge is 2.24. The first-order valence-corrected chi connectivity index (χ1v) is 7.38. The number of nitrogens with one attached hydrogen (secondary N) is 1. The molecule has 0 saturated carbocycles. The molecule has 1 amide bonds. The fourth-order valence-corrected chi connectivity index (χ4v) is 3.21. The molecule has 2 aromatic rings. The number of nitrogens with zero attached hydrogens (tertiary/aromatic N) is 3. The zero-order chi connectivity index (χ0) is 14.3. The molecule has 0 aliphatic carbocycles. The van der Waals surface area contributed by atoms with Gasteiger partial charge in [0.05, 0.1) is 0 Å². The fourth-order valence-electron chi connectivity index (χ4n) is 2.43. The molecule has 20 heavy (non-hydrogen) atoms. The maximum Gasteiger partial charge on any atom is 0.271 e. The predicted molar refractivity (Wildman–Crippen MR) is 77.4 cm³/mol. The van der Waals surface area contributed by atoms with Crippen molar-refractivity contribution in [2.45, 2.75) is 19.9 Å². The van der Waals surface area contributed by atoms with Crippen LogP contribution in [0.25, 0.3) is 4.96 Å². The van der Waals surface area contributed by atoms with Gasteiger partial charge in [-0.25, -0.2) is 4.98 Å². The lowest BCUT2D eigenvalue weighted by Gasteiger charge is -2.31. The Morgan fingerprint density at radius 2 is 2.35 bits per heavy atom. The molecule has 3 heterocycles. The summed E-state index contributed by atoms with van der Waals surface area (Å²) < 4.78 is 1.46. The SMILES string of the molecule is Cc1cn2c(=O)c(C(=O)N3CCN[C@H](C)C3)cnc2s1. The van der Waals surface area contributed by atoms with E-state index >= 15 is 0 Å². The van der Waals surface area contributed by atoms with E-state index in [9.17, 15) is 9.59 Å². The maximum atomic E-state index is 12.5. The highest BCUT2D eigenvalue weighted by molar-refractivity contribution is 7.16. The number of hydrogen-bond acceptors (Lipinski definition) is 5. The smallest absolute Gasteiger partial charge is 0.271 e. The van der Waals surface area contributed by atoms with Gasteiger partial charge < -0.3 is 10.2 Å². The van der Waals surface area contributed by atoms with Crippen LogP contribution in [0.5, 0.6) is 0 Å². The molecule has 0 radical (unpaired) electrons. The third-order valence-electron chi connectivity index (χ3n) is 3.41. The minimum absolute atomic E-state index is 0.148. The molecule has 6 nitrogen and oxygen atoms in total. The van der Waals surface area contributed by atoms with Gasteiger partial charge in [-0.05, 0) is 13.8 Å². The number of fused-ring (bicyclic) bond motifs is 1. The first-order chi connectivity index (χ1) is 9.56. The number of carbonyl (C=O) groups excluding carboxylic acids is 1. The molecular formula is C13H16N4O2S. The van der Waals surface area contributed by atoms with E-state index in [0.717, 1.165) is 11.4 Å². The van der Waals surface area contributed by atoms with Crippen molar-refractivity contribution in [1.29, 1.82) is 0 Å². The van der Waals surface area contributed by atoms with Crippen LogP contribution in [0.4, 0.5) is 0 Å². The molecule has 2 aromatic heterocycles. The largest absolute Gasteiger partial charge is 0.336 e. The lowest BCUT2D eigenvalue weighted by molar-refractivity contribution is 0.0706. The van der Waals surface area contributed by atoms with E-state index in [-0.39, 0.29) is 23.1 Å². The molecule has 1 fully saturated rings. The Bertz CT molecular complexity index is 721. The van der Waals surface area contributed by atoms with Crippen molar-refractivity contribution in [3.8, 4) is 0 Å². The average Bonchev–Trinajstić information content (AvgIpc) is 2.80. The summed E-state index contributed by atoms with van der Waals surface area (Å²) >= 11 is 1.44. The van der Waals surface area contributed by atoms with Crippen LogP contribution in [0, 0.1) is 6.92 Å². The van der Waals surface area contributed by atoms with E-state index in [1.807, 2.05) is 13.8 Å². The summed E-state index contributed by atoms with van der Waals surface area (Å²) in [6.45, 7) is 5.92. The standard InChI is InChI=1S/C13H16N4O2S/c1-8-6-16(4-3-14-8)11(18)10-5-15-13-17(12(10)19)7-9(2)20-13/h5,7-8,14H,3-4,6H2,1-2H3/t8-/m1/s1. The van der Waals surface area contributed by atoms with E-state index in [0.29, 0.717) is 18.1 Å². The van der Waals surface area contributed by atoms with Crippen LogP contribution >= 0.6 is 11.3 Å². The summed E-state index contributed by atoms with van der Waals surface area (Å²) in [6, 6.07) is 0.246. The molecule has 0 aromatic carbocycles. The van der Waals surface area contributed by atoms with E-state index in [1.165, 1.54) is 21.9 Å². The Balaban J connectivity index is 1.99. The number of hydrogen-bond donors (Lipinski definition) is 1. The Morgan fingerprint density at radius 3 is 3.10 bits per heavy atom.